The summed E-state index contributed by atoms with van der Waals surface area (Å²) in [7, 11) is 4.35. The van der Waals surface area contributed by atoms with Crippen molar-refractivity contribution in [2.75, 3.05) is 32.6 Å². The fraction of sp³-hybridized carbons (Fsp3) is 0.611. The Balaban J connectivity index is 1.86. The molecule has 0 spiro atoms. The standard InChI is InChI=1S/C18H29N3OS/c1-4-22-16-10-8-15(9-11-16)20-17(23)19-14-18(21(2)3)12-6-5-7-13-18/h8-11H,4-7,12-14H2,1-3H3,(H2,19,20,23). The number of benzene rings is 1. The summed E-state index contributed by atoms with van der Waals surface area (Å²) in [4.78, 5) is 2.36. The zero-order chi connectivity index (χ0) is 16.7. The minimum Gasteiger partial charge on any atom is -0.494 e. The maximum absolute atomic E-state index is 5.45. The van der Waals surface area contributed by atoms with Crippen molar-refractivity contribution in [1.29, 1.82) is 0 Å². The number of hydrogen-bond donors (Lipinski definition) is 2. The first-order valence-electron chi connectivity index (χ1n) is 8.51. The van der Waals surface area contributed by atoms with E-state index >= 15 is 0 Å². The van der Waals surface area contributed by atoms with Crippen molar-refractivity contribution in [3.8, 4) is 5.75 Å². The molecule has 0 aromatic heterocycles. The smallest absolute Gasteiger partial charge is 0.170 e. The lowest BCUT2D eigenvalue weighted by Crippen LogP contribution is -2.54. The molecule has 0 atom stereocenters. The summed E-state index contributed by atoms with van der Waals surface area (Å²) in [5.41, 5.74) is 1.21. The van der Waals surface area contributed by atoms with E-state index in [1.165, 1.54) is 32.1 Å². The average molecular weight is 336 g/mol. The van der Waals surface area contributed by atoms with E-state index < -0.39 is 0 Å². The Morgan fingerprint density at radius 1 is 1.17 bits per heavy atom. The predicted molar refractivity (Wildman–Crippen MR) is 101 cm³/mol. The molecule has 1 aliphatic carbocycles. The number of likely N-dealkylation sites (N-methyl/N-ethyl adjacent to an activating group) is 1. The second-order valence-corrected chi connectivity index (χ2v) is 6.85. The highest BCUT2D eigenvalue weighted by molar-refractivity contribution is 7.80. The van der Waals surface area contributed by atoms with Gasteiger partial charge < -0.3 is 20.3 Å². The monoisotopic (exact) mass is 335 g/mol. The molecule has 1 aliphatic rings. The molecule has 2 N–H and O–H groups in total. The lowest BCUT2D eigenvalue weighted by Gasteiger charge is -2.43. The first kappa shape index (κ1) is 18.0. The van der Waals surface area contributed by atoms with Crippen LogP contribution >= 0.6 is 12.2 Å². The summed E-state index contributed by atoms with van der Waals surface area (Å²) in [5.74, 6) is 0.880. The summed E-state index contributed by atoms with van der Waals surface area (Å²) < 4.78 is 5.45. The van der Waals surface area contributed by atoms with Crippen molar-refractivity contribution in [1.82, 2.24) is 10.2 Å². The fourth-order valence-electron chi connectivity index (χ4n) is 3.21. The Labute approximate surface area is 145 Å². The highest BCUT2D eigenvalue weighted by Crippen LogP contribution is 2.31. The number of rotatable bonds is 6. The van der Waals surface area contributed by atoms with Gasteiger partial charge in [-0.3, -0.25) is 0 Å². The minimum absolute atomic E-state index is 0.225. The molecule has 0 aliphatic heterocycles. The number of thiocarbonyl (C=S) groups is 1. The molecule has 23 heavy (non-hydrogen) atoms. The zero-order valence-electron chi connectivity index (χ0n) is 14.5. The third-order valence-corrected chi connectivity index (χ3v) is 4.98. The molecule has 4 nitrogen and oxygen atoms in total. The quantitative estimate of drug-likeness (QED) is 0.776. The lowest BCUT2D eigenvalue weighted by atomic mass is 9.80. The van der Waals surface area contributed by atoms with E-state index in [0.717, 1.165) is 18.0 Å². The van der Waals surface area contributed by atoms with Gasteiger partial charge in [0.25, 0.3) is 0 Å². The van der Waals surface area contributed by atoms with Crippen LogP contribution in [0.15, 0.2) is 24.3 Å². The molecule has 5 heteroatoms. The molecule has 1 aromatic rings. The summed E-state index contributed by atoms with van der Waals surface area (Å²) in [6.07, 6.45) is 6.43. The second-order valence-electron chi connectivity index (χ2n) is 6.44. The van der Waals surface area contributed by atoms with E-state index in [1.807, 2.05) is 31.2 Å². The van der Waals surface area contributed by atoms with E-state index in [2.05, 4.69) is 29.6 Å². The van der Waals surface area contributed by atoms with E-state index in [1.54, 1.807) is 0 Å². The summed E-state index contributed by atoms with van der Waals surface area (Å²) in [6, 6.07) is 7.89. The average Bonchev–Trinajstić information content (AvgIpc) is 2.56. The van der Waals surface area contributed by atoms with Gasteiger partial charge in [0.1, 0.15) is 5.75 Å². The van der Waals surface area contributed by atoms with E-state index in [4.69, 9.17) is 17.0 Å². The number of nitrogens with one attached hydrogen (secondary N) is 2. The Morgan fingerprint density at radius 2 is 1.83 bits per heavy atom. The van der Waals surface area contributed by atoms with Gasteiger partial charge in [0.15, 0.2) is 5.11 Å². The predicted octanol–water partition coefficient (Wildman–Crippen LogP) is 3.64. The third-order valence-electron chi connectivity index (χ3n) is 4.73. The van der Waals surface area contributed by atoms with Crippen molar-refractivity contribution in [2.45, 2.75) is 44.6 Å². The van der Waals surface area contributed by atoms with Crippen molar-refractivity contribution in [3.63, 3.8) is 0 Å². The molecule has 0 saturated heterocycles. The first-order valence-corrected chi connectivity index (χ1v) is 8.92. The van der Waals surface area contributed by atoms with Crippen molar-refractivity contribution in [3.05, 3.63) is 24.3 Å². The van der Waals surface area contributed by atoms with Gasteiger partial charge in [0, 0.05) is 17.8 Å². The van der Waals surface area contributed by atoms with Crippen LogP contribution in [0.2, 0.25) is 0 Å². The van der Waals surface area contributed by atoms with Crippen LogP contribution in [-0.4, -0.2) is 42.8 Å². The molecule has 1 saturated carbocycles. The molecule has 0 unspecified atom stereocenters. The van der Waals surface area contributed by atoms with Gasteiger partial charge in [-0.15, -0.1) is 0 Å². The Hall–Kier alpha value is -1.33. The normalized spacial score (nSPS) is 16.9. The highest BCUT2D eigenvalue weighted by Gasteiger charge is 2.34. The van der Waals surface area contributed by atoms with Crippen molar-refractivity contribution in [2.24, 2.45) is 0 Å². The summed E-state index contributed by atoms with van der Waals surface area (Å²) >= 11 is 5.45. The molecule has 0 radical (unpaired) electrons. The molecule has 0 amide bonds. The number of ether oxygens (including phenoxy) is 1. The van der Waals surface area contributed by atoms with Crippen LogP contribution in [0.25, 0.3) is 0 Å². The molecular formula is C18H29N3OS. The summed E-state index contributed by atoms with van der Waals surface area (Å²) in [5, 5.41) is 7.34. The maximum atomic E-state index is 5.45. The van der Waals surface area contributed by atoms with Crippen LogP contribution in [-0.2, 0) is 0 Å². The van der Waals surface area contributed by atoms with Gasteiger partial charge in [-0.1, -0.05) is 19.3 Å². The van der Waals surface area contributed by atoms with Gasteiger partial charge in [0.05, 0.1) is 6.61 Å². The van der Waals surface area contributed by atoms with E-state index in [0.29, 0.717) is 11.7 Å². The lowest BCUT2D eigenvalue weighted by molar-refractivity contribution is 0.104. The molecule has 0 bridgehead atoms. The maximum Gasteiger partial charge on any atom is 0.170 e. The van der Waals surface area contributed by atoms with Gasteiger partial charge in [0.2, 0.25) is 0 Å². The molecule has 2 rings (SSSR count). The molecule has 1 fully saturated rings. The molecule has 1 aromatic carbocycles. The highest BCUT2D eigenvalue weighted by atomic mass is 32.1. The van der Waals surface area contributed by atoms with E-state index in [-0.39, 0.29) is 5.54 Å². The van der Waals surface area contributed by atoms with Gasteiger partial charge in [-0.2, -0.15) is 0 Å². The van der Waals surface area contributed by atoms with E-state index in [9.17, 15) is 0 Å². The van der Waals surface area contributed by atoms with Crippen LogP contribution in [0, 0.1) is 0 Å². The van der Waals surface area contributed by atoms with Crippen LogP contribution in [0.3, 0.4) is 0 Å². The molecule has 128 valence electrons. The second kappa shape index (κ2) is 8.50. The van der Waals surface area contributed by atoms with Crippen molar-refractivity contribution < 1.29 is 4.74 Å². The fourth-order valence-corrected chi connectivity index (χ4v) is 3.40. The minimum atomic E-state index is 0.225. The Bertz CT molecular complexity index is 495. The number of nitrogens with zero attached hydrogens (tertiary/aromatic N) is 1. The van der Waals surface area contributed by atoms with Crippen LogP contribution in [0.4, 0.5) is 5.69 Å². The number of anilines is 1. The largest absolute Gasteiger partial charge is 0.494 e. The Morgan fingerprint density at radius 3 is 2.39 bits per heavy atom. The SMILES string of the molecule is CCOc1ccc(NC(=S)NCC2(N(C)C)CCCCC2)cc1. The van der Waals surface area contributed by atoms with Crippen molar-refractivity contribution >= 4 is 23.0 Å². The molecular weight excluding hydrogens is 306 g/mol. The van der Waals surface area contributed by atoms with Crippen LogP contribution < -0.4 is 15.4 Å². The van der Waals surface area contributed by atoms with Crippen LogP contribution in [0.5, 0.6) is 5.75 Å². The number of hydrogen-bond acceptors (Lipinski definition) is 3. The molecule has 0 heterocycles. The Kier molecular flexibility index (Phi) is 6.66. The van der Waals surface area contributed by atoms with Crippen LogP contribution in [0.1, 0.15) is 39.0 Å². The van der Waals surface area contributed by atoms with Gasteiger partial charge in [-0.25, -0.2) is 0 Å². The zero-order valence-corrected chi connectivity index (χ0v) is 15.3. The van der Waals surface area contributed by atoms with Gasteiger partial charge >= 0.3 is 0 Å². The topological polar surface area (TPSA) is 36.5 Å². The van der Waals surface area contributed by atoms with Gasteiger partial charge in [-0.05, 0) is 70.3 Å². The summed E-state index contributed by atoms with van der Waals surface area (Å²) in [6.45, 7) is 3.55. The first-order chi connectivity index (χ1) is 11.1. The third kappa shape index (κ3) is 5.08.